The molecule has 0 saturated carbocycles. The maximum atomic E-state index is 12.5. The SMILES string of the molecule is O=C(O)[C@@H]1CCCN1C(=O)c1cccc(-n2cccc2)c1. The van der Waals surface area contributed by atoms with Gasteiger partial charge in [0.25, 0.3) is 5.91 Å². The van der Waals surface area contributed by atoms with Crippen molar-refractivity contribution in [3.05, 3.63) is 54.4 Å². The van der Waals surface area contributed by atoms with Crippen molar-refractivity contribution in [2.75, 3.05) is 6.54 Å². The number of hydrogen-bond acceptors (Lipinski definition) is 2. The Morgan fingerprint density at radius 2 is 1.90 bits per heavy atom. The summed E-state index contributed by atoms with van der Waals surface area (Å²) in [4.78, 5) is 25.2. The Labute approximate surface area is 122 Å². The molecule has 5 nitrogen and oxygen atoms in total. The van der Waals surface area contributed by atoms with Gasteiger partial charge in [-0.3, -0.25) is 4.79 Å². The highest BCUT2D eigenvalue weighted by Crippen LogP contribution is 2.21. The molecule has 5 heteroatoms. The van der Waals surface area contributed by atoms with Crippen molar-refractivity contribution in [3.8, 4) is 5.69 Å². The quantitative estimate of drug-likeness (QED) is 0.939. The van der Waals surface area contributed by atoms with E-state index in [-0.39, 0.29) is 5.91 Å². The number of carboxylic acid groups (broad SMARTS) is 1. The van der Waals surface area contributed by atoms with E-state index in [1.165, 1.54) is 4.90 Å². The molecular formula is C16H16N2O3. The number of aliphatic carboxylic acids is 1. The normalized spacial score (nSPS) is 17.9. The molecule has 3 rings (SSSR count). The van der Waals surface area contributed by atoms with Crippen LogP contribution in [-0.4, -0.2) is 39.0 Å². The van der Waals surface area contributed by atoms with Crippen LogP contribution in [0.15, 0.2) is 48.8 Å². The lowest BCUT2D eigenvalue weighted by atomic mass is 10.1. The first-order chi connectivity index (χ1) is 10.2. The highest BCUT2D eigenvalue weighted by Gasteiger charge is 2.34. The van der Waals surface area contributed by atoms with Crippen LogP contribution < -0.4 is 0 Å². The largest absolute Gasteiger partial charge is 0.480 e. The number of likely N-dealkylation sites (tertiary alicyclic amines) is 1. The van der Waals surface area contributed by atoms with Gasteiger partial charge in [0.15, 0.2) is 0 Å². The molecule has 21 heavy (non-hydrogen) atoms. The van der Waals surface area contributed by atoms with Crippen molar-refractivity contribution in [2.45, 2.75) is 18.9 Å². The van der Waals surface area contributed by atoms with Crippen LogP contribution in [0.5, 0.6) is 0 Å². The minimum atomic E-state index is -0.928. The molecule has 1 aromatic heterocycles. The zero-order valence-corrected chi connectivity index (χ0v) is 11.5. The summed E-state index contributed by atoms with van der Waals surface area (Å²) in [7, 11) is 0. The molecule has 1 aliphatic rings. The zero-order chi connectivity index (χ0) is 14.8. The number of amides is 1. The second kappa shape index (κ2) is 5.44. The van der Waals surface area contributed by atoms with Gasteiger partial charge in [0.05, 0.1) is 0 Å². The lowest BCUT2D eigenvalue weighted by Crippen LogP contribution is -2.40. The minimum absolute atomic E-state index is 0.214. The molecule has 0 aliphatic carbocycles. The van der Waals surface area contributed by atoms with Crippen LogP contribution in [0.25, 0.3) is 5.69 Å². The first-order valence-electron chi connectivity index (χ1n) is 6.94. The van der Waals surface area contributed by atoms with Crippen molar-refractivity contribution < 1.29 is 14.7 Å². The summed E-state index contributed by atoms with van der Waals surface area (Å²) in [6, 6.07) is 10.4. The molecule has 1 atom stereocenters. The van der Waals surface area contributed by atoms with E-state index >= 15 is 0 Å². The highest BCUT2D eigenvalue weighted by atomic mass is 16.4. The smallest absolute Gasteiger partial charge is 0.326 e. The van der Waals surface area contributed by atoms with E-state index in [9.17, 15) is 14.7 Å². The average Bonchev–Trinajstić information content (AvgIpc) is 3.17. The van der Waals surface area contributed by atoms with Crippen LogP contribution in [0.1, 0.15) is 23.2 Å². The first kappa shape index (κ1) is 13.4. The van der Waals surface area contributed by atoms with Gasteiger partial charge in [0.1, 0.15) is 6.04 Å². The monoisotopic (exact) mass is 284 g/mol. The number of carbonyl (C=O) groups excluding carboxylic acids is 1. The lowest BCUT2D eigenvalue weighted by molar-refractivity contribution is -0.141. The maximum Gasteiger partial charge on any atom is 0.326 e. The Morgan fingerprint density at radius 1 is 1.14 bits per heavy atom. The Kier molecular flexibility index (Phi) is 3.48. The summed E-state index contributed by atoms with van der Waals surface area (Å²) >= 11 is 0. The second-order valence-corrected chi connectivity index (χ2v) is 5.14. The van der Waals surface area contributed by atoms with Crippen molar-refractivity contribution in [1.82, 2.24) is 9.47 Å². The molecule has 2 heterocycles. The molecule has 1 aliphatic heterocycles. The van der Waals surface area contributed by atoms with E-state index in [0.29, 0.717) is 18.5 Å². The van der Waals surface area contributed by atoms with Gasteiger partial charge in [-0.15, -0.1) is 0 Å². The number of benzene rings is 1. The molecule has 1 N–H and O–H groups in total. The van der Waals surface area contributed by atoms with E-state index in [4.69, 9.17) is 0 Å². The Bertz CT molecular complexity index is 664. The van der Waals surface area contributed by atoms with Crippen LogP contribution in [0, 0.1) is 0 Å². The van der Waals surface area contributed by atoms with Gasteiger partial charge in [-0.05, 0) is 43.2 Å². The summed E-state index contributed by atoms with van der Waals surface area (Å²) < 4.78 is 1.91. The van der Waals surface area contributed by atoms with Crippen molar-refractivity contribution in [3.63, 3.8) is 0 Å². The fraction of sp³-hybridized carbons (Fsp3) is 0.250. The number of aromatic nitrogens is 1. The molecule has 1 saturated heterocycles. The predicted octanol–water partition coefficient (Wildman–Crippen LogP) is 2.17. The van der Waals surface area contributed by atoms with Gasteiger partial charge in [0.2, 0.25) is 0 Å². The molecule has 108 valence electrons. The van der Waals surface area contributed by atoms with Crippen molar-refractivity contribution in [1.29, 1.82) is 0 Å². The van der Waals surface area contributed by atoms with Gasteiger partial charge in [0, 0.05) is 30.2 Å². The number of hydrogen-bond donors (Lipinski definition) is 1. The third-order valence-corrected chi connectivity index (χ3v) is 3.79. The number of rotatable bonds is 3. The molecule has 1 aromatic carbocycles. The van der Waals surface area contributed by atoms with Crippen LogP contribution >= 0.6 is 0 Å². The fourth-order valence-electron chi connectivity index (χ4n) is 2.74. The maximum absolute atomic E-state index is 12.5. The van der Waals surface area contributed by atoms with Crippen LogP contribution in [0.2, 0.25) is 0 Å². The van der Waals surface area contributed by atoms with Crippen LogP contribution in [-0.2, 0) is 4.79 Å². The third kappa shape index (κ3) is 2.54. The summed E-state index contributed by atoms with van der Waals surface area (Å²) in [5.41, 5.74) is 1.41. The van der Waals surface area contributed by atoms with E-state index in [1.807, 2.05) is 41.2 Å². The van der Waals surface area contributed by atoms with Gasteiger partial charge in [-0.2, -0.15) is 0 Å². The number of carbonyl (C=O) groups is 2. The zero-order valence-electron chi connectivity index (χ0n) is 11.5. The fourth-order valence-corrected chi connectivity index (χ4v) is 2.74. The van der Waals surface area contributed by atoms with E-state index in [1.54, 1.807) is 12.1 Å². The summed E-state index contributed by atoms with van der Waals surface area (Å²) in [5.74, 6) is -1.14. The summed E-state index contributed by atoms with van der Waals surface area (Å²) in [6.45, 7) is 0.504. The minimum Gasteiger partial charge on any atom is -0.480 e. The van der Waals surface area contributed by atoms with E-state index in [2.05, 4.69) is 0 Å². The van der Waals surface area contributed by atoms with Gasteiger partial charge in [-0.1, -0.05) is 6.07 Å². The third-order valence-electron chi connectivity index (χ3n) is 3.79. The summed E-state index contributed by atoms with van der Waals surface area (Å²) in [6.07, 6.45) is 5.07. The lowest BCUT2D eigenvalue weighted by Gasteiger charge is -2.21. The van der Waals surface area contributed by atoms with E-state index in [0.717, 1.165) is 12.1 Å². The van der Waals surface area contributed by atoms with Crippen LogP contribution in [0.4, 0.5) is 0 Å². The standard InChI is InChI=1S/C16H16N2O3/c19-15(18-10-4-7-14(18)16(20)21)12-5-3-6-13(11-12)17-8-1-2-9-17/h1-3,5-6,8-9,11,14H,4,7,10H2,(H,20,21)/t14-/m0/s1. The molecule has 1 fully saturated rings. The summed E-state index contributed by atoms with van der Waals surface area (Å²) in [5, 5.41) is 9.19. The Balaban J connectivity index is 1.88. The van der Waals surface area contributed by atoms with Crippen molar-refractivity contribution >= 4 is 11.9 Å². The second-order valence-electron chi connectivity index (χ2n) is 5.14. The van der Waals surface area contributed by atoms with Gasteiger partial charge >= 0.3 is 5.97 Å². The topological polar surface area (TPSA) is 62.5 Å². The molecule has 0 radical (unpaired) electrons. The molecule has 0 bridgehead atoms. The van der Waals surface area contributed by atoms with Gasteiger partial charge in [-0.25, -0.2) is 4.79 Å². The molecular weight excluding hydrogens is 268 g/mol. The Hall–Kier alpha value is -2.56. The first-order valence-corrected chi connectivity index (χ1v) is 6.94. The van der Waals surface area contributed by atoms with E-state index < -0.39 is 12.0 Å². The highest BCUT2D eigenvalue weighted by molar-refractivity contribution is 5.97. The number of nitrogens with zero attached hydrogens (tertiary/aromatic N) is 2. The Morgan fingerprint density at radius 3 is 2.62 bits per heavy atom. The molecule has 0 spiro atoms. The number of carboxylic acids is 1. The van der Waals surface area contributed by atoms with Crippen molar-refractivity contribution in [2.24, 2.45) is 0 Å². The van der Waals surface area contributed by atoms with Crippen LogP contribution in [0.3, 0.4) is 0 Å². The predicted molar refractivity (Wildman–Crippen MR) is 77.5 cm³/mol. The average molecular weight is 284 g/mol. The molecule has 1 amide bonds. The van der Waals surface area contributed by atoms with Gasteiger partial charge < -0.3 is 14.6 Å². The molecule has 2 aromatic rings. The molecule has 0 unspecified atom stereocenters.